The van der Waals surface area contributed by atoms with Crippen molar-refractivity contribution < 1.29 is 19.6 Å². The zero-order valence-corrected chi connectivity index (χ0v) is 10.3. The molecular formula is C12H11BN2O5. The fraction of sp³-hybridized carbons (Fsp3) is 0.0833. The molecule has 2 rings (SSSR count). The Morgan fingerprint density at radius 1 is 1.30 bits per heavy atom. The van der Waals surface area contributed by atoms with Crippen LogP contribution in [0.25, 0.3) is 0 Å². The Kier molecular flexibility index (Phi) is 4.29. The van der Waals surface area contributed by atoms with Crippen LogP contribution in [0.2, 0.25) is 0 Å². The number of aromatic amines is 1. The summed E-state index contributed by atoms with van der Waals surface area (Å²) in [5.41, 5.74) is 0.267. The molecule has 8 heteroatoms. The van der Waals surface area contributed by atoms with Crippen molar-refractivity contribution in [1.82, 2.24) is 10.2 Å². The number of nitrogens with zero attached hydrogens (tertiary/aromatic N) is 1. The summed E-state index contributed by atoms with van der Waals surface area (Å²) in [6.07, 6.45) is 0.490. The fourth-order valence-electron chi connectivity index (χ4n) is 1.64. The van der Waals surface area contributed by atoms with Crippen LogP contribution in [0, 0.1) is 0 Å². The van der Waals surface area contributed by atoms with E-state index in [1.807, 2.05) is 0 Å². The molecule has 0 spiro atoms. The number of aldehydes is 1. The molecule has 0 unspecified atom stereocenters. The highest BCUT2D eigenvalue weighted by molar-refractivity contribution is 6.60. The van der Waals surface area contributed by atoms with Gasteiger partial charge in [-0.05, 0) is 17.6 Å². The Bertz CT molecular complexity index is 651. The second-order valence-corrected chi connectivity index (χ2v) is 3.95. The molecule has 0 bridgehead atoms. The summed E-state index contributed by atoms with van der Waals surface area (Å²) in [5.74, 6) is 0.207. The highest BCUT2D eigenvalue weighted by atomic mass is 16.5. The first-order valence-corrected chi connectivity index (χ1v) is 5.73. The lowest BCUT2D eigenvalue weighted by atomic mass is 9.77. The van der Waals surface area contributed by atoms with Crippen molar-refractivity contribution in [2.45, 2.75) is 6.61 Å². The first kappa shape index (κ1) is 14.0. The van der Waals surface area contributed by atoms with Crippen LogP contribution in [0.1, 0.15) is 16.1 Å². The SMILES string of the molecule is O=Cc1c(OCc2ccc(=O)[nH]n2)cccc1B(O)O. The molecular weight excluding hydrogens is 263 g/mol. The molecule has 0 saturated heterocycles. The number of H-pyrrole nitrogens is 1. The molecule has 102 valence electrons. The minimum atomic E-state index is -1.76. The number of nitrogens with one attached hydrogen (secondary N) is 1. The zero-order chi connectivity index (χ0) is 14.5. The predicted octanol–water partition coefficient (Wildman–Crippen LogP) is -1.16. The average molecular weight is 274 g/mol. The van der Waals surface area contributed by atoms with Gasteiger partial charge in [-0.25, -0.2) is 5.10 Å². The van der Waals surface area contributed by atoms with E-state index in [1.54, 1.807) is 0 Å². The van der Waals surface area contributed by atoms with Crippen molar-refractivity contribution >= 4 is 18.9 Å². The van der Waals surface area contributed by atoms with Crippen LogP contribution < -0.4 is 15.8 Å². The van der Waals surface area contributed by atoms with Crippen LogP contribution in [0.15, 0.2) is 35.1 Å². The third kappa shape index (κ3) is 3.11. The first-order valence-electron chi connectivity index (χ1n) is 5.73. The second-order valence-electron chi connectivity index (χ2n) is 3.95. The number of carbonyl (C=O) groups excluding carboxylic acids is 1. The summed E-state index contributed by atoms with van der Waals surface area (Å²) < 4.78 is 5.41. The quantitative estimate of drug-likeness (QED) is 0.468. The van der Waals surface area contributed by atoms with Gasteiger partial charge in [0, 0.05) is 6.07 Å². The monoisotopic (exact) mass is 274 g/mol. The van der Waals surface area contributed by atoms with Gasteiger partial charge in [0.1, 0.15) is 12.4 Å². The molecule has 1 heterocycles. The second kappa shape index (κ2) is 6.13. The summed E-state index contributed by atoms with van der Waals surface area (Å²) in [5, 5.41) is 24.3. The van der Waals surface area contributed by atoms with E-state index in [-0.39, 0.29) is 28.9 Å². The summed E-state index contributed by atoms with van der Waals surface area (Å²) in [7, 11) is -1.76. The molecule has 7 nitrogen and oxygen atoms in total. The Morgan fingerprint density at radius 3 is 2.70 bits per heavy atom. The van der Waals surface area contributed by atoms with Gasteiger partial charge in [0.25, 0.3) is 5.56 Å². The van der Waals surface area contributed by atoms with E-state index in [2.05, 4.69) is 10.2 Å². The third-order valence-corrected chi connectivity index (χ3v) is 2.61. The van der Waals surface area contributed by atoms with E-state index < -0.39 is 7.12 Å². The van der Waals surface area contributed by atoms with Crippen LogP contribution in [0.5, 0.6) is 5.75 Å². The third-order valence-electron chi connectivity index (χ3n) is 2.61. The predicted molar refractivity (Wildman–Crippen MR) is 70.8 cm³/mol. The van der Waals surface area contributed by atoms with Crippen LogP contribution in [-0.4, -0.2) is 33.6 Å². The van der Waals surface area contributed by atoms with E-state index in [4.69, 9.17) is 14.8 Å². The molecule has 0 fully saturated rings. The molecule has 0 aliphatic rings. The number of rotatable bonds is 5. The summed E-state index contributed by atoms with van der Waals surface area (Å²) in [4.78, 5) is 21.9. The highest BCUT2D eigenvalue weighted by Crippen LogP contribution is 2.15. The number of aromatic nitrogens is 2. The maximum atomic E-state index is 11.0. The van der Waals surface area contributed by atoms with Crippen molar-refractivity contribution in [2.75, 3.05) is 0 Å². The number of benzene rings is 1. The van der Waals surface area contributed by atoms with E-state index in [9.17, 15) is 9.59 Å². The van der Waals surface area contributed by atoms with Gasteiger partial charge >= 0.3 is 7.12 Å². The Labute approximate surface area is 114 Å². The van der Waals surface area contributed by atoms with Crippen molar-refractivity contribution in [2.24, 2.45) is 0 Å². The molecule has 2 aromatic rings. The Morgan fingerprint density at radius 2 is 2.10 bits per heavy atom. The number of ether oxygens (including phenoxy) is 1. The van der Waals surface area contributed by atoms with Crippen molar-refractivity contribution in [3.63, 3.8) is 0 Å². The topological polar surface area (TPSA) is 113 Å². The maximum Gasteiger partial charge on any atom is 0.489 e. The van der Waals surface area contributed by atoms with Crippen molar-refractivity contribution in [3.8, 4) is 5.75 Å². The number of hydrogen-bond donors (Lipinski definition) is 3. The summed E-state index contributed by atoms with van der Waals surface area (Å²) in [6.45, 7) is 0.0304. The van der Waals surface area contributed by atoms with Gasteiger partial charge in [0.15, 0.2) is 6.29 Å². The fourth-order valence-corrected chi connectivity index (χ4v) is 1.64. The van der Waals surface area contributed by atoms with Crippen LogP contribution >= 0.6 is 0 Å². The van der Waals surface area contributed by atoms with Crippen molar-refractivity contribution in [3.05, 3.63) is 51.9 Å². The van der Waals surface area contributed by atoms with Crippen LogP contribution in [0.3, 0.4) is 0 Å². The zero-order valence-electron chi connectivity index (χ0n) is 10.3. The van der Waals surface area contributed by atoms with E-state index in [1.165, 1.54) is 30.3 Å². The molecule has 3 N–H and O–H groups in total. The standard InChI is InChI=1S/C12H11BN2O5/c16-6-9-10(13(18)19)2-1-3-11(9)20-7-8-4-5-12(17)15-14-8/h1-6,18-19H,7H2,(H,15,17). The molecule has 0 aliphatic carbocycles. The lowest BCUT2D eigenvalue weighted by Crippen LogP contribution is -2.33. The first-order chi connectivity index (χ1) is 9.61. The molecule has 20 heavy (non-hydrogen) atoms. The average Bonchev–Trinajstić information content (AvgIpc) is 2.46. The van der Waals surface area contributed by atoms with Gasteiger partial charge in [0.05, 0.1) is 11.3 Å². The van der Waals surface area contributed by atoms with Gasteiger partial charge in [-0.2, -0.15) is 5.10 Å². The van der Waals surface area contributed by atoms with Crippen molar-refractivity contribution in [1.29, 1.82) is 0 Å². The van der Waals surface area contributed by atoms with Gasteiger partial charge < -0.3 is 14.8 Å². The van der Waals surface area contributed by atoms with Crippen LogP contribution in [-0.2, 0) is 6.61 Å². The minimum absolute atomic E-state index is 0.0304. The number of hydrogen-bond acceptors (Lipinski definition) is 6. The van der Waals surface area contributed by atoms with Crippen LogP contribution in [0.4, 0.5) is 0 Å². The van der Waals surface area contributed by atoms with E-state index >= 15 is 0 Å². The molecule has 1 aromatic heterocycles. The lowest BCUT2D eigenvalue weighted by molar-refractivity contribution is 0.111. The maximum absolute atomic E-state index is 11.0. The van der Waals surface area contributed by atoms with E-state index in [0.717, 1.165) is 0 Å². The summed E-state index contributed by atoms with van der Waals surface area (Å²) in [6, 6.07) is 7.28. The lowest BCUT2D eigenvalue weighted by Gasteiger charge is -2.11. The Hall–Kier alpha value is -2.45. The molecule has 0 saturated carbocycles. The highest BCUT2D eigenvalue weighted by Gasteiger charge is 2.18. The molecule has 1 aromatic carbocycles. The molecule has 0 amide bonds. The molecule has 0 atom stereocenters. The largest absolute Gasteiger partial charge is 0.489 e. The molecule has 0 aliphatic heterocycles. The summed E-state index contributed by atoms with van der Waals surface area (Å²) >= 11 is 0. The molecule has 0 radical (unpaired) electrons. The Balaban J connectivity index is 2.21. The minimum Gasteiger partial charge on any atom is -0.486 e. The normalized spacial score (nSPS) is 10.1. The van der Waals surface area contributed by atoms with E-state index in [0.29, 0.717) is 12.0 Å². The van der Waals surface area contributed by atoms with Gasteiger partial charge in [0.2, 0.25) is 0 Å². The number of carbonyl (C=O) groups is 1. The van der Waals surface area contributed by atoms with Gasteiger partial charge in [-0.15, -0.1) is 0 Å². The smallest absolute Gasteiger partial charge is 0.486 e. The van der Waals surface area contributed by atoms with Gasteiger partial charge in [-0.1, -0.05) is 12.1 Å². The van der Waals surface area contributed by atoms with Gasteiger partial charge in [-0.3, -0.25) is 9.59 Å².